The summed E-state index contributed by atoms with van der Waals surface area (Å²) in [5, 5.41) is 35.0. The molecule has 240 valence electrons. The summed E-state index contributed by atoms with van der Waals surface area (Å²) < 4.78 is 14.4. The Morgan fingerprint density at radius 3 is 2.14 bits per heavy atom. The minimum atomic E-state index is -1.16. The molecule has 0 spiro atoms. The van der Waals surface area contributed by atoms with E-state index in [-0.39, 0.29) is 32.3 Å². The molecule has 1 atom stereocenters. The number of thiocarbonyl (C=S) groups is 1. The fourth-order valence-corrected chi connectivity index (χ4v) is 5.18. The number of anilines is 1. The molecule has 0 unspecified atom stereocenters. The van der Waals surface area contributed by atoms with Gasteiger partial charge in [-0.15, -0.1) is 0 Å². The number of carboxylic acids is 3. The van der Waals surface area contributed by atoms with Crippen LogP contribution in [0.2, 0.25) is 0 Å². The molecule has 14 nitrogen and oxygen atoms in total. The van der Waals surface area contributed by atoms with Crippen LogP contribution in [0.25, 0.3) is 0 Å². The molecule has 2 rings (SSSR count). The van der Waals surface area contributed by atoms with Crippen LogP contribution in [0.15, 0.2) is 24.3 Å². The fraction of sp³-hybridized carbons (Fsp3) is 0.607. The number of carbonyl (C=O) groups excluding carboxylic acids is 1. The van der Waals surface area contributed by atoms with Gasteiger partial charge < -0.3 is 40.2 Å². The first kappa shape index (κ1) is 35.7. The summed E-state index contributed by atoms with van der Waals surface area (Å²) in [5.74, 6) is -3.30. The molecule has 0 amide bonds. The van der Waals surface area contributed by atoms with Crippen molar-refractivity contribution in [3.05, 3.63) is 29.8 Å². The van der Waals surface area contributed by atoms with Gasteiger partial charge in [-0.3, -0.25) is 24.2 Å². The molecule has 1 fully saturated rings. The molecule has 15 heteroatoms. The summed E-state index contributed by atoms with van der Waals surface area (Å²) in [7, 11) is 1.22. The number of hydrogen-bond donors (Lipinski definition) is 5. The third-order valence-corrected chi connectivity index (χ3v) is 7.14. The van der Waals surface area contributed by atoms with Crippen LogP contribution in [-0.2, 0) is 35.0 Å². The molecule has 0 saturated heterocycles. The van der Waals surface area contributed by atoms with Crippen LogP contribution in [0.5, 0.6) is 0 Å². The third kappa shape index (κ3) is 15.0. The van der Waals surface area contributed by atoms with Crippen molar-refractivity contribution >= 4 is 47.1 Å². The number of carboxylic acid groups (broad SMARTS) is 3. The van der Waals surface area contributed by atoms with Gasteiger partial charge in [0.2, 0.25) is 0 Å². The van der Waals surface area contributed by atoms with Crippen LogP contribution in [0.3, 0.4) is 0 Å². The van der Waals surface area contributed by atoms with Gasteiger partial charge in [-0.05, 0) is 49.2 Å². The maximum absolute atomic E-state index is 11.7. The zero-order valence-electron chi connectivity index (χ0n) is 24.4. The number of nitrogens with zero attached hydrogens (tertiary/aromatic N) is 2. The van der Waals surface area contributed by atoms with E-state index in [0.29, 0.717) is 30.4 Å². The molecular formula is C28H42N4O10S. The van der Waals surface area contributed by atoms with E-state index < -0.39 is 43.2 Å². The second-order valence-corrected chi connectivity index (χ2v) is 10.6. The van der Waals surface area contributed by atoms with Crippen molar-refractivity contribution < 1.29 is 48.7 Å². The Labute approximate surface area is 256 Å². The lowest BCUT2D eigenvalue weighted by molar-refractivity contribution is -0.144. The topological polar surface area (TPSA) is 187 Å². The predicted octanol–water partition coefficient (Wildman–Crippen LogP) is 1.87. The minimum Gasteiger partial charge on any atom is -0.480 e. The van der Waals surface area contributed by atoms with E-state index in [1.165, 1.54) is 12.0 Å². The van der Waals surface area contributed by atoms with Crippen molar-refractivity contribution in [2.24, 2.45) is 0 Å². The van der Waals surface area contributed by atoms with Gasteiger partial charge in [0.05, 0.1) is 40.0 Å². The Bertz CT molecular complexity index is 1040. The van der Waals surface area contributed by atoms with Crippen molar-refractivity contribution in [1.29, 1.82) is 0 Å². The number of benzene rings is 1. The van der Waals surface area contributed by atoms with Gasteiger partial charge in [0.25, 0.3) is 0 Å². The average molecular weight is 627 g/mol. The lowest BCUT2D eigenvalue weighted by atomic mass is 9.93. The maximum Gasteiger partial charge on any atom is 0.508 e. The summed E-state index contributed by atoms with van der Waals surface area (Å²) in [6.45, 7) is 0.0946. The molecule has 0 aliphatic heterocycles. The summed E-state index contributed by atoms with van der Waals surface area (Å²) in [6.07, 6.45) is 4.32. The number of aliphatic carboxylic acids is 3. The van der Waals surface area contributed by atoms with Crippen molar-refractivity contribution in [2.75, 3.05) is 65.0 Å². The number of ether oxygens (including phenoxy) is 3. The molecule has 0 bridgehead atoms. The molecule has 5 N–H and O–H groups in total. The number of methoxy groups -OCH3 is 1. The monoisotopic (exact) mass is 626 g/mol. The average Bonchev–Trinajstić information content (AvgIpc) is 2.96. The lowest BCUT2D eigenvalue weighted by Crippen LogP contribution is -2.52. The molecule has 1 aliphatic carbocycles. The van der Waals surface area contributed by atoms with Gasteiger partial charge in [0, 0.05) is 30.9 Å². The molecule has 1 aliphatic rings. The Hall–Kier alpha value is -3.53. The summed E-state index contributed by atoms with van der Waals surface area (Å²) in [6, 6.07) is 6.77. The van der Waals surface area contributed by atoms with Crippen LogP contribution < -0.4 is 10.6 Å². The standard InChI is InChI=1S/C28H42N4O10S/c1-40-28(39)42-14-13-41-12-11-29-27(43)30-21-9-7-20(8-10-21)15-23(32(18-25(35)36)19-26(37)38)16-31(17-24(33)34)22-5-3-2-4-6-22/h7-10,22-23H,2-6,11-19H2,1H3,(H,33,34)(H,35,36)(H,37,38)(H2,29,30,43)/t23-/m0/s1. The highest BCUT2D eigenvalue weighted by Gasteiger charge is 2.30. The van der Waals surface area contributed by atoms with Crippen LogP contribution in [0.4, 0.5) is 10.5 Å². The molecule has 43 heavy (non-hydrogen) atoms. The number of nitrogens with one attached hydrogen (secondary N) is 2. The molecule has 1 aromatic carbocycles. The zero-order chi connectivity index (χ0) is 31.6. The first-order valence-corrected chi connectivity index (χ1v) is 14.5. The van der Waals surface area contributed by atoms with Crippen LogP contribution in [-0.4, -0.2) is 126 Å². The highest BCUT2D eigenvalue weighted by Crippen LogP contribution is 2.24. The van der Waals surface area contributed by atoms with Gasteiger partial charge in [0.1, 0.15) is 6.61 Å². The highest BCUT2D eigenvalue weighted by molar-refractivity contribution is 7.80. The molecule has 0 radical (unpaired) electrons. The molecular weight excluding hydrogens is 584 g/mol. The molecule has 0 heterocycles. The minimum absolute atomic E-state index is 0.0440. The smallest absolute Gasteiger partial charge is 0.480 e. The van der Waals surface area contributed by atoms with Crippen molar-refractivity contribution in [3.8, 4) is 0 Å². The quantitative estimate of drug-likeness (QED) is 0.0850. The van der Waals surface area contributed by atoms with Crippen LogP contribution >= 0.6 is 12.2 Å². The SMILES string of the molecule is COC(=O)OCCOCCNC(=S)Nc1ccc(C[C@@H](CN(CC(=O)O)C2CCCCC2)N(CC(=O)O)CC(=O)O)cc1. The first-order chi connectivity index (χ1) is 20.6. The summed E-state index contributed by atoms with van der Waals surface area (Å²) in [5.41, 5.74) is 1.53. The van der Waals surface area contributed by atoms with Crippen molar-refractivity contribution in [2.45, 2.75) is 50.6 Å². The second kappa shape index (κ2) is 19.6. The zero-order valence-corrected chi connectivity index (χ0v) is 25.2. The van der Waals surface area contributed by atoms with Crippen LogP contribution in [0.1, 0.15) is 37.7 Å². The maximum atomic E-state index is 11.7. The normalized spacial score (nSPS) is 14.2. The Morgan fingerprint density at radius 2 is 1.56 bits per heavy atom. The molecule has 1 aromatic rings. The van der Waals surface area contributed by atoms with Crippen molar-refractivity contribution in [3.63, 3.8) is 0 Å². The number of rotatable bonds is 19. The van der Waals surface area contributed by atoms with Gasteiger partial charge in [-0.2, -0.15) is 0 Å². The van der Waals surface area contributed by atoms with E-state index in [0.717, 1.165) is 37.7 Å². The Balaban J connectivity index is 2.02. The predicted molar refractivity (Wildman–Crippen MR) is 160 cm³/mol. The Morgan fingerprint density at radius 1 is 0.930 bits per heavy atom. The molecule has 0 aromatic heterocycles. The molecule has 1 saturated carbocycles. The third-order valence-electron chi connectivity index (χ3n) is 6.90. The van der Waals surface area contributed by atoms with Gasteiger partial charge in [-0.1, -0.05) is 31.4 Å². The van der Waals surface area contributed by atoms with Gasteiger partial charge in [0.15, 0.2) is 5.11 Å². The largest absolute Gasteiger partial charge is 0.508 e. The first-order valence-electron chi connectivity index (χ1n) is 14.1. The van der Waals surface area contributed by atoms with E-state index in [2.05, 4.69) is 15.4 Å². The van der Waals surface area contributed by atoms with E-state index in [9.17, 15) is 34.5 Å². The van der Waals surface area contributed by atoms with Gasteiger partial charge in [-0.25, -0.2) is 4.79 Å². The van der Waals surface area contributed by atoms with E-state index in [4.69, 9.17) is 21.7 Å². The summed E-state index contributed by atoms with van der Waals surface area (Å²) >= 11 is 5.31. The number of carbonyl (C=O) groups is 4. The van der Waals surface area contributed by atoms with E-state index in [1.807, 2.05) is 17.0 Å². The Kier molecular flexibility index (Phi) is 16.3. The summed E-state index contributed by atoms with van der Waals surface area (Å²) in [4.78, 5) is 49.1. The lowest BCUT2D eigenvalue weighted by Gasteiger charge is -2.38. The number of hydrogen-bond acceptors (Lipinski definition) is 10. The van der Waals surface area contributed by atoms with Crippen molar-refractivity contribution in [1.82, 2.24) is 15.1 Å². The fourth-order valence-electron chi connectivity index (χ4n) is 4.96. The van der Waals surface area contributed by atoms with E-state index in [1.54, 1.807) is 12.1 Å². The van der Waals surface area contributed by atoms with Crippen LogP contribution in [0, 0.1) is 0 Å². The van der Waals surface area contributed by atoms with Gasteiger partial charge >= 0.3 is 24.1 Å². The van der Waals surface area contributed by atoms with E-state index >= 15 is 0 Å². The highest BCUT2D eigenvalue weighted by atomic mass is 32.1. The second-order valence-electron chi connectivity index (χ2n) is 10.2.